The molecule has 0 saturated heterocycles. The predicted octanol–water partition coefficient (Wildman–Crippen LogP) is 3.66. The molecule has 2 rings (SSSR count). The first-order valence-corrected chi connectivity index (χ1v) is 7.55. The minimum absolute atomic E-state index is 0.339. The van der Waals surface area contributed by atoms with Crippen molar-refractivity contribution >= 4 is 5.97 Å². The molecule has 1 aliphatic rings. The third-order valence-electron chi connectivity index (χ3n) is 4.45. The molecule has 1 saturated carbocycles. The number of carbonyl (C=O) groups is 1. The van der Waals surface area contributed by atoms with Crippen LogP contribution in [0, 0.1) is 20.8 Å². The third kappa shape index (κ3) is 3.40. The molecule has 1 aromatic rings. The fraction of sp³-hybridized carbons (Fsp3) is 0.588. The van der Waals surface area contributed by atoms with Gasteiger partial charge in [0.2, 0.25) is 0 Å². The highest BCUT2D eigenvalue weighted by molar-refractivity contribution is 5.76. The van der Waals surface area contributed by atoms with Gasteiger partial charge in [0, 0.05) is 6.04 Å². The van der Waals surface area contributed by atoms with Crippen LogP contribution in [0.3, 0.4) is 0 Å². The Bertz CT molecular complexity index is 490. The molecule has 0 amide bonds. The number of aliphatic carboxylic acids is 1. The zero-order valence-electron chi connectivity index (χ0n) is 12.7. The molecule has 1 unspecified atom stereocenters. The van der Waals surface area contributed by atoms with Crippen LogP contribution >= 0.6 is 0 Å². The highest BCUT2D eigenvalue weighted by atomic mass is 16.4. The van der Waals surface area contributed by atoms with E-state index in [9.17, 15) is 9.90 Å². The first-order chi connectivity index (χ1) is 9.49. The Morgan fingerprint density at radius 2 is 1.70 bits per heavy atom. The quantitative estimate of drug-likeness (QED) is 0.881. The molecule has 3 nitrogen and oxygen atoms in total. The summed E-state index contributed by atoms with van der Waals surface area (Å²) in [4.78, 5) is 11.7. The van der Waals surface area contributed by atoms with Gasteiger partial charge in [-0.05, 0) is 55.9 Å². The van der Waals surface area contributed by atoms with E-state index in [0.29, 0.717) is 6.04 Å². The summed E-state index contributed by atoms with van der Waals surface area (Å²) in [5.41, 5.74) is 4.34. The first-order valence-electron chi connectivity index (χ1n) is 7.55. The second kappa shape index (κ2) is 6.40. The molecule has 1 fully saturated rings. The lowest BCUT2D eigenvalue weighted by Gasteiger charge is -2.27. The van der Waals surface area contributed by atoms with E-state index in [-0.39, 0.29) is 0 Å². The van der Waals surface area contributed by atoms with Crippen LogP contribution in [0.2, 0.25) is 0 Å². The number of aryl methyl sites for hydroxylation is 3. The maximum absolute atomic E-state index is 11.7. The van der Waals surface area contributed by atoms with E-state index in [4.69, 9.17) is 0 Å². The summed E-state index contributed by atoms with van der Waals surface area (Å²) in [7, 11) is 0. The second-order valence-electron chi connectivity index (χ2n) is 6.07. The zero-order chi connectivity index (χ0) is 14.7. The Hall–Kier alpha value is -1.35. The van der Waals surface area contributed by atoms with Gasteiger partial charge >= 0.3 is 5.97 Å². The molecule has 110 valence electrons. The van der Waals surface area contributed by atoms with Crippen molar-refractivity contribution in [1.29, 1.82) is 0 Å². The van der Waals surface area contributed by atoms with E-state index in [1.165, 1.54) is 24.8 Å². The Balaban J connectivity index is 2.24. The number of benzene rings is 1. The summed E-state index contributed by atoms with van der Waals surface area (Å²) < 4.78 is 0. The van der Waals surface area contributed by atoms with Crippen molar-refractivity contribution in [2.24, 2.45) is 0 Å². The number of hydrogen-bond donors (Lipinski definition) is 2. The normalized spacial score (nSPS) is 17.9. The largest absolute Gasteiger partial charge is 0.480 e. The second-order valence-corrected chi connectivity index (χ2v) is 6.07. The van der Waals surface area contributed by atoms with E-state index >= 15 is 0 Å². The standard InChI is InChI=1S/C17H25NO2/c1-11-9-13(3)15(10-12(11)2)16(17(19)20)18-14-7-5-4-6-8-14/h9-10,14,16,18H,4-8H2,1-3H3,(H,19,20). The summed E-state index contributed by atoms with van der Waals surface area (Å²) in [6.07, 6.45) is 5.87. The number of nitrogens with one attached hydrogen (secondary N) is 1. The minimum Gasteiger partial charge on any atom is -0.480 e. The maximum atomic E-state index is 11.7. The van der Waals surface area contributed by atoms with Gasteiger partial charge in [0.1, 0.15) is 6.04 Å². The molecular weight excluding hydrogens is 250 g/mol. The summed E-state index contributed by atoms with van der Waals surface area (Å²) in [5.74, 6) is -0.776. The van der Waals surface area contributed by atoms with Gasteiger partial charge in [-0.3, -0.25) is 10.1 Å². The molecular formula is C17H25NO2. The fourth-order valence-electron chi connectivity index (χ4n) is 3.09. The van der Waals surface area contributed by atoms with Crippen molar-refractivity contribution in [2.45, 2.75) is 65.0 Å². The Morgan fingerprint density at radius 3 is 2.30 bits per heavy atom. The van der Waals surface area contributed by atoms with Crippen molar-refractivity contribution in [2.75, 3.05) is 0 Å². The molecule has 2 N–H and O–H groups in total. The summed E-state index contributed by atoms with van der Waals surface area (Å²) in [6, 6.07) is 3.87. The Labute approximate surface area is 121 Å². The van der Waals surface area contributed by atoms with Crippen LogP contribution in [0.25, 0.3) is 0 Å². The zero-order valence-corrected chi connectivity index (χ0v) is 12.7. The Kier molecular flexibility index (Phi) is 4.81. The lowest BCUT2D eigenvalue weighted by molar-refractivity contribution is -0.140. The lowest BCUT2D eigenvalue weighted by atomic mass is 9.92. The van der Waals surface area contributed by atoms with Crippen LogP contribution in [-0.2, 0) is 4.79 Å². The highest BCUT2D eigenvalue weighted by Gasteiger charge is 2.26. The van der Waals surface area contributed by atoms with Crippen LogP contribution < -0.4 is 5.32 Å². The molecule has 1 aliphatic carbocycles. The summed E-state index contributed by atoms with van der Waals surface area (Å²) in [5, 5.41) is 12.9. The van der Waals surface area contributed by atoms with E-state index in [1.54, 1.807) is 0 Å². The molecule has 3 heteroatoms. The van der Waals surface area contributed by atoms with Crippen LogP contribution in [0.4, 0.5) is 0 Å². The molecule has 0 aromatic heterocycles. The maximum Gasteiger partial charge on any atom is 0.325 e. The third-order valence-corrected chi connectivity index (χ3v) is 4.45. The van der Waals surface area contributed by atoms with Gasteiger partial charge in [-0.1, -0.05) is 31.4 Å². The fourth-order valence-corrected chi connectivity index (χ4v) is 3.09. The molecule has 0 spiro atoms. The van der Waals surface area contributed by atoms with E-state index in [0.717, 1.165) is 29.5 Å². The monoisotopic (exact) mass is 275 g/mol. The number of hydrogen-bond acceptors (Lipinski definition) is 2. The molecule has 0 aliphatic heterocycles. The summed E-state index contributed by atoms with van der Waals surface area (Å²) in [6.45, 7) is 6.11. The topological polar surface area (TPSA) is 49.3 Å². The molecule has 20 heavy (non-hydrogen) atoms. The average molecular weight is 275 g/mol. The Morgan fingerprint density at radius 1 is 1.10 bits per heavy atom. The van der Waals surface area contributed by atoms with Gasteiger partial charge in [0.05, 0.1) is 0 Å². The number of carboxylic acid groups (broad SMARTS) is 1. The molecule has 1 atom stereocenters. The van der Waals surface area contributed by atoms with Crippen molar-refractivity contribution < 1.29 is 9.90 Å². The van der Waals surface area contributed by atoms with Crippen LogP contribution in [-0.4, -0.2) is 17.1 Å². The van der Waals surface area contributed by atoms with Gasteiger partial charge < -0.3 is 5.11 Å². The smallest absolute Gasteiger partial charge is 0.325 e. The van der Waals surface area contributed by atoms with Gasteiger partial charge in [0.15, 0.2) is 0 Å². The van der Waals surface area contributed by atoms with Gasteiger partial charge in [-0.15, -0.1) is 0 Å². The molecule has 0 radical (unpaired) electrons. The predicted molar refractivity (Wildman–Crippen MR) is 81.0 cm³/mol. The molecule has 1 aromatic carbocycles. The molecule has 0 bridgehead atoms. The van der Waals surface area contributed by atoms with E-state index < -0.39 is 12.0 Å². The van der Waals surface area contributed by atoms with Crippen molar-refractivity contribution in [3.05, 3.63) is 34.4 Å². The highest BCUT2D eigenvalue weighted by Crippen LogP contribution is 2.25. The van der Waals surface area contributed by atoms with E-state index in [1.807, 2.05) is 19.9 Å². The molecule has 0 heterocycles. The van der Waals surface area contributed by atoms with Crippen molar-refractivity contribution in [1.82, 2.24) is 5.32 Å². The lowest BCUT2D eigenvalue weighted by Crippen LogP contribution is -2.38. The number of carboxylic acids is 1. The first kappa shape index (κ1) is 15.0. The van der Waals surface area contributed by atoms with Gasteiger partial charge in [0.25, 0.3) is 0 Å². The summed E-state index contributed by atoms with van der Waals surface area (Å²) >= 11 is 0. The van der Waals surface area contributed by atoms with E-state index in [2.05, 4.69) is 18.3 Å². The average Bonchev–Trinajstić information content (AvgIpc) is 2.41. The van der Waals surface area contributed by atoms with Crippen molar-refractivity contribution in [3.8, 4) is 0 Å². The van der Waals surface area contributed by atoms with Crippen LogP contribution in [0.1, 0.15) is 60.4 Å². The van der Waals surface area contributed by atoms with Crippen LogP contribution in [0.5, 0.6) is 0 Å². The SMILES string of the molecule is Cc1cc(C)c(C(NC2CCCCC2)C(=O)O)cc1C. The number of rotatable bonds is 4. The van der Waals surface area contributed by atoms with Crippen molar-refractivity contribution in [3.63, 3.8) is 0 Å². The van der Waals surface area contributed by atoms with Gasteiger partial charge in [-0.2, -0.15) is 0 Å². The van der Waals surface area contributed by atoms with Crippen LogP contribution in [0.15, 0.2) is 12.1 Å². The van der Waals surface area contributed by atoms with Gasteiger partial charge in [-0.25, -0.2) is 0 Å². The minimum atomic E-state index is -0.776.